The summed E-state index contributed by atoms with van der Waals surface area (Å²) in [4.78, 5) is 18.8. The predicted octanol–water partition coefficient (Wildman–Crippen LogP) is 1.72. The molecule has 5 heteroatoms. The van der Waals surface area contributed by atoms with Crippen LogP contribution < -0.4 is 5.32 Å². The Morgan fingerprint density at radius 1 is 1.57 bits per heavy atom. The van der Waals surface area contributed by atoms with Crippen LogP contribution in [0.25, 0.3) is 0 Å². The lowest BCUT2D eigenvalue weighted by atomic mass is 10.3. The highest BCUT2D eigenvalue weighted by atomic mass is 127. The molecule has 1 N–H and O–H groups in total. The molecule has 0 saturated heterocycles. The molecule has 0 aliphatic heterocycles. The zero-order chi connectivity index (χ0) is 11.2. The van der Waals surface area contributed by atoms with Crippen LogP contribution in [0.3, 0.4) is 0 Å². The highest BCUT2D eigenvalue weighted by Gasteiger charge is 1.96. The number of hydrogen-bond acceptors (Lipinski definition) is 3. The molecule has 0 rings (SSSR count). The van der Waals surface area contributed by atoms with Crippen LogP contribution in [0.5, 0.6) is 0 Å². The molecule has 0 aliphatic carbocycles. The average Bonchev–Trinajstić information content (AvgIpc) is 2.22. The fraction of sp³-hybridized carbons (Fsp3) is 0.556. The summed E-state index contributed by atoms with van der Waals surface area (Å²) in [7, 11) is 0. The number of rotatable bonds is 3. The van der Waals surface area contributed by atoms with Gasteiger partial charge in [0.25, 0.3) is 0 Å². The maximum absolute atomic E-state index is 10.8. The average molecular weight is 311 g/mol. The lowest BCUT2D eigenvalue weighted by molar-refractivity contribution is -0.0979. The third-order valence-electron chi connectivity index (χ3n) is 1.08. The van der Waals surface area contributed by atoms with Gasteiger partial charge in [-0.1, -0.05) is 35.9 Å². The first kappa shape index (κ1) is 15.7. The second-order valence-corrected chi connectivity index (χ2v) is 2.85. The molecular weight excluding hydrogens is 297 g/mol. The SMILES string of the molecule is C=O.CCCCNC(=O)OC#CCI. The summed E-state index contributed by atoms with van der Waals surface area (Å²) in [6.45, 7) is 4.71. The van der Waals surface area contributed by atoms with Crippen molar-refractivity contribution in [1.29, 1.82) is 0 Å². The first-order valence-electron chi connectivity index (χ1n) is 4.08. The van der Waals surface area contributed by atoms with Crippen LogP contribution in [-0.2, 0) is 9.53 Å². The van der Waals surface area contributed by atoms with Gasteiger partial charge in [-0.05, 0) is 12.3 Å². The number of nitrogens with one attached hydrogen (secondary N) is 1. The number of alkyl halides is 1. The van der Waals surface area contributed by atoms with E-state index in [4.69, 9.17) is 4.79 Å². The van der Waals surface area contributed by atoms with Crippen LogP contribution >= 0.6 is 22.6 Å². The van der Waals surface area contributed by atoms with E-state index < -0.39 is 6.09 Å². The van der Waals surface area contributed by atoms with Crippen LogP contribution in [0.1, 0.15) is 19.8 Å². The molecule has 0 spiro atoms. The Hall–Kier alpha value is -0.770. The van der Waals surface area contributed by atoms with Gasteiger partial charge in [-0.25, -0.2) is 4.79 Å². The summed E-state index contributed by atoms with van der Waals surface area (Å²) >= 11 is 2.08. The summed E-state index contributed by atoms with van der Waals surface area (Å²) in [5, 5.41) is 2.58. The Morgan fingerprint density at radius 2 is 2.21 bits per heavy atom. The fourth-order valence-corrected chi connectivity index (χ4v) is 0.669. The normalized spacial score (nSPS) is 7.29. The van der Waals surface area contributed by atoms with E-state index in [0.29, 0.717) is 11.0 Å². The highest BCUT2D eigenvalue weighted by molar-refractivity contribution is 14.1. The van der Waals surface area contributed by atoms with Crippen molar-refractivity contribution in [3.63, 3.8) is 0 Å². The number of alkyl carbamates (subject to hydrolysis) is 1. The first-order valence-corrected chi connectivity index (χ1v) is 5.61. The van der Waals surface area contributed by atoms with Crippen LogP contribution in [0.4, 0.5) is 4.79 Å². The number of ether oxygens (including phenoxy) is 1. The summed E-state index contributed by atoms with van der Waals surface area (Å²) in [5.41, 5.74) is 0. The smallest absolute Gasteiger partial charge is 0.356 e. The summed E-state index contributed by atoms with van der Waals surface area (Å²) in [6.07, 6.45) is 3.86. The van der Waals surface area contributed by atoms with E-state index in [1.165, 1.54) is 0 Å². The lowest BCUT2D eigenvalue weighted by Gasteiger charge is -1.98. The van der Waals surface area contributed by atoms with E-state index in [1.807, 2.05) is 6.79 Å². The largest absolute Gasteiger partial charge is 0.421 e. The molecule has 0 atom stereocenters. The van der Waals surface area contributed by atoms with E-state index in [9.17, 15) is 4.79 Å². The molecule has 0 aliphatic rings. The van der Waals surface area contributed by atoms with Gasteiger partial charge in [0, 0.05) is 6.54 Å². The Kier molecular flexibility index (Phi) is 16.5. The fourth-order valence-electron chi connectivity index (χ4n) is 0.513. The van der Waals surface area contributed by atoms with Crippen LogP contribution in [0, 0.1) is 12.0 Å². The summed E-state index contributed by atoms with van der Waals surface area (Å²) in [6, 6.07) is 0. The van der Waals surface area contributed by atoms with E-state index >= 15 is 0 Å². The van der Waals surface area contributed by atoms with E-state index in [2.05, 4.69) is 51.6 Å². The second-order valence-electron chi connectivity index (χ2n) is 2.08. The number of carbonyl (C=O) groups excluding carboxylic acids is 2. The summed E-state index contributed by atoms with van der Waals surface area (Å²) < 4.78 is 5.18. The van der Waals surface area contributed by atoms with E-state index in [-0.39, 0.29) is 0 Å². The third-order valence-corrected chi connectivity index (χ3v) is 1.46. The second kappa shape index (κ2) is 14.7. The topological polar surface area (TPSA) is 55.4 Å². The van der Waals surface area contributed by atoms with Crippen molar-refractivity contribution in [1.82, 2.24) is 5.32 Å². The molecule has 1 amide bonds. The molecule has 80 valence electrons. The van der Waals surface area contributed by atoms with Crippen molar-refractivity contribution in [2.45, 2.75) is 19.8 Å². The zero-order valence-electron chi connectivity index (χ0n) is 8.14. The van der Waals surface area contributed by atoms with Gasteiger partial charge < -0.3 is 14.8 Å². The van der Waals surface area contributed by atoms with Crippen LogP contribution in [0.2, 0.25) is 0 Å². The molecule has 4 nitrogen and oxygen atoms in total. The Bertz CT molecular complexity index is 198. The minimum absolute atomic E-state index is 0.458. The Balaban J connectivity index is 0. The molecule has 0 unspecified atom stereocenters. The number of hydrogen-bond donors (Lipinski definition) is 1. The van der Waals surface area contributed by atoms with Gasteiger partial charge in [-0.2, -0.15) is 0 Å². The summed E-state index contributed by atoms with van der Waals surface area (Å²) in [5.74, 6) is 2.62. The molecule has 0 heterocycles. The minimum Gasteiger partial charge on any atom is -0.356 e. The standard InChI is InChI=1S/C8H12INO2.CH2O/c1-2-3-6-10-8(11)12-7-4-5-9;1-2/h2-3,5-6H2,1H3,(H,10,11);1H2. The number of halogens is 1. The van der Waals surface area contributed by atoms with Crippen molar-refractivity contribution in [3.05, 3.63) is 0 Å². The predicted molar refractivity (Wildman–Crippen MR) is 63.2 cm³/mol. The van der Waals surface area contributed by atoms with Crippen molar-refractivity contribution in [2.75, 3.05) is 11.0 Å². The minimum atomic E-state index is -0.458. The number of amides is 1. The van der Waals surface area contributed by atoms with Crippen molar-refractivity contribution < 1.29 is 14.3 Å². The van der Waals surface area contributed by atoms with E-state index in [0.717, 1.165) is 12.8 Å². The van der Waals surface area contributed by atoms with Crippen LogP contribution in [-0.4, -0.2) is 23.9 Å². The molecule has 0 bridgehead atoms. The van der Waals surface area contributed by atoms with Gasteiger partial charge in [-0.3, -0.25) is 0 Å². The van der Waals surface area contributed by atoms with Gasteiger partial charge in [0.15, 0.2) is 0 Å². The van der Waals surface area contributed by atoms with Crippen molar-refractivity contribution in [2.24, 2.45) is 0 Å². The molecule has 0 fully saturated rings. The zero-order valence-corrected chi connectivity index (χ0v) is 10.3. The van der Waals surface area contributed by atoms with Gasteiger partial charge >= 0.3 is 6.09 Å². The number of unbranched alkanes of at least 4 members (excludes halogenated alkanes) is 1. The molecule has 14 heavy (non-hydrogen) atoms. The monoisotopic (exact) mass is 311 g/mol. The Labute approximate surface area is 97.9 Å². The van der Waals surface area contributed by atoms with Crippen LogP contribution in [0.15, 0.2) is 0 Å². The molecule has 0 aromatic carbocycles. The van der Waals surface area contributed by atoms with E-state index in [1.54, 1.807) is 0 Å². The third kappa shape index (κ3) is 13.8. The maximum Gasteiger partial charge on any atom is 0.421 e. The van der Waals surface area contributed by atoms with Crippen molar-refractivity contribution >= 4 is 35.5 Å². The van der Waals surface area contributed by atoms with Gasteiger partial charge in [0.05, 0.1) is 4.43 Å². The molecule has 0 saturated carbocycles. The number of carbonyl (C=O) groups is 2. The van der Waals surface area contributed by atoms with Gasteiger partial charge in [0.1, 0.15) is 12.9 Å². The molecule has 0 radical (unpaired) electrons. The first-order chi connectivity index (χ1) is 6.81. The van der Waals surface area contributed by atoms with Crippen molar-refractivity contribution in [3.8, 4) is 12.0 Å². The quantitative estimate of drug-likeness (QED) is 0.374. The maximum atomic E-state index is 10.8. The highest BCUT2D eigenvalue weighted by Crippen LogP contribution is 1.83. The molecule has 0 aromatic rings. The van der Waals surface area contributed by atoms with Gasteiger partial charge in [0.2, 0.25) is 0 Å². The van der Waals surface area contributed by atoms with Gasteiger partial charge in [-0.15, -0.1) is 0 Å². The molecular formula is C9H14INO3. The Morgan fingerprint density at radius 3 is 2.71 bits per heavy atom. The lowest BCUT2D eigenvalue weighted by Crippen LogP contribution is -2.23. The molecule has 0 aromatic heterocycles.